The molecule has 2 N–H and O–H groups in total. The molecular weight excluding hydrogens is 326 g/mol. The second-order valence-electron chi connectivity index (χ2n) is 6.86. The zero-order valence-electron chi connectivity index (χ0n) is 14.7. The molecule has 0 radical (unpaired) electrons. The van der Waals surface area contributed by atoms with E-state index in [4.69, 9.17) is 0 Å². The summed E-state index contributed by atoms with van der Waals surface area (Å²) in [6, 6.07) is 14.3. The summed E-state index contributed by atoms with van der Waals surface area (Å²) < 4.78 is 1.78. The van der Waals surface area contributed by atoms with Crippen molar-refractivity contribution in [2.75, 3.05) is 13.1 Å². The first-order valence-electron chi connectivity index (χ1n) is 9.15. The third kappa shape index (κ3) is 3.75. The summed E-state index contributed by atoms with van der Waals surface area (Å²) in [6.07, 6.45) is 4.13. The molecule has 1 aromatic heterocycles. The first-order chi connectivity index (χ1) is 12.8. The fraction of sp³-hybridized carbons (Fsp3) is 0.350. The van der Waals surface area contributed by atoms with E-state index in [1.165, 1.54) is 18.2 Å². The van der Waals surface area contributed by atoms with Gasteiger partial charge in [-0.25, -0.2) is 0 Å². The molecule has 1 fully saturated rings. The average molecular weight is 349 g/mol. The predicted molar refractivity (Wildman–Crippen MR) is 101 cm³/mol. The Kier molecular flexibility index (Phi) is 4.93. The highest BCUT2D eigenvalue weighted by Gasteiger charge is 2.16. The van der Waals surface area contributed by atoms with Crippen molar-refractivity contribution in [1.29, 1.82) is 0 Å². The van der Waals surface area contributed by atoms with Crippen LogP contribution in [0.2, 0.25) is 0 Å². The number of benzene rings is 2. The number of rotatable bonds is 5. The third-order valence-corrected chi connectivity index (χ3v) is 4.93. The molecule has 1 atom stereocenters. The Bertz CT molecular complexity index is 893. The molecule has 26 heavy (non-hydrogen) atoms. The molecule has 3 aromatic rings. The normalized spacial score (nSPS) is 17.3. The van der Waals surface area contributed by atoms with Crippen molar-refractivity contribution in [2.24, 2.45) is 5.92 Å². The molecule has 6 nitrogen and oxygen atoms in total. The molecule has 2 aromatic carbocycles. The van der Waals surface area contributed by atoms with Crippen LogP contribution in [-0.4, -0.2) is 34.0 Å². The smallest absolute Gasteiger partial charge is 0.273 e. The van der Waals surface area contributed by atoms with Gasteiger partial charge in [-0.1, -0.05) is 47.7 Å². The van der Waals surface area contributed by atoms with Gasteiger partial charge in [0, 0.05) is 13.1 Å². The monoisotopic (exact) mass is 349 g/mol. The third-order valence-electron chi connectivity index (χ3n) is 4.93. The van der Waals surface area contributed by atoms with Crippen LogP contribution in [0, 0.1) is 5.92 Å². The number of aromatic nitrogens is 3. The Hall–Kier alpha value is -2.73. The number of carbonyl (C=O) groups is 1. The minimum Gasteiger partial charge on any atom is -0.346 e. The molecule has 1 aliphatic heterocycles. The largest absolute Gasteiger partial charge is 0.346 e. The quantitative estimate of drug-likeness (QED) is 0.742. The van der Waals surface area contributed by atoms with Crippen molar-refractivity contribution in [3.8, 4) is 0 Å². The summed E-state index contributed by atoms with van der Waals surface area (Å²) >= 11 is 0. The lowest BCUT2D eigenvalue weighted by Gasteiger charge is -2.22. The molecule has 4 rings (SSSR count). The Labute approximate surface area is 152 Å². The predicted octanol–water partition coefficient (Wildman–Crippen LogP) is 2.36. The minimum atomic E-state index is -0.189. The summed E-state index contributed by atoms with van der Waals surface area (Å²) in [6.45, 7) is 3.37. The first-order valence-corrected chi connectivity index (χ1v) is 9.15. The van der Waals surface area contributed by atoms with Gasteiger partial charge in [-0.05, 0) is 48.2 Å². The van der Waals surface area contributed by atoms with Crippen LogP contribution in [-0.2, 0) is 13.1 Å². The highest BCUT2D eigenvalue weighted by atomic mass is 16.2. The maximum atomic E-state index is 12.4. The first kappa shape index (κ1) is 16.7. The zero-order valence-corrected chi connectivity index (χ0v) is 14.7. The molecule has 1 saturated heterocycles. The molecule has 6 heteroatoms. The number of fused-ring (bicyclic) bond motifs is 1. The molecule has 2 heterocycles. The fourth-order valence-electron chi connectivity index (χ4n) is 3.55. The summed E-state index contributed by atoms with van der Waals surface area (Å²) in [4.78, 5) is 12.4. The van der Waals surface area contributed by atoms with Crippen LogP contribution >= 0.6 is 0 Å². The molecule has 0 spiro atoms. The number of carbonyl (C=O) groups excluding carboxylic acids is 1. The van der Waals surface area contributed by atoms with Gasteiger partial charge < -0.3 is 10.6 Å². The van der Waals surface area contributed by atoms with E-state index in [2.05, 4.69) is 39.1 Å². The van der Waals surface area contributed by atoms with E-state index >= 15 is 0 Å². The Morgan fingerprint density at radius 3 is 3.00 bits per heavy atom. The molecule has 0 bridgehead atoms. The zero-order chi connectivity index (χ0) is 17.8. The lowest BCUT2D eigenvalue weighted by Crippen LogP contribution is -2.32. The Balaban J connectivity index is 1.39. The molecule has 1 aliphatic rings. The van der Waals surface area contributed by atoms with E-state index in [0.29, 0.717) is 18.2 Å². The summed E-state index contributed by atoms with van der Waals surface area (Å²) in [5.41, 5.74) is 1.46. The topological polar surface area (TPSA) is 71.8 Å². The van der Waals surface area contributed by atoms with Gasteiger partial charge in [-0.2, -0.15) is 0 Å². The minimum absolute atomic E-state index is 0.189. The lowest BCUT2D eigenvalue weighted by atomic mass is 10.00. The van der Waals surface area contributed by atoms with Gasteiger partial charge in [0.2, 0.25) is 0 Å². The number of amides is 1. The van der Waals surface area contributed by atoms with Crippen molar-refractivity contribution in [3.63, 3.8) is 0 Å². The highest BCUT2D eigenvalue weighted by Crippen LogP contribution is 2.18. The molecular formula is C20H23N5O. The van der Waals surface area contributed by atoms with Crippen molar-refractivity contribution in [3.05, 3.63) is 59.9 Å². The SMILES string of the molecule is O=C(NCc1cccc2ccccc12)c1cn(CC2CCCNC2)nn1. The second-order valence-corrected chi connectivity index (χ2v) is 6.86. The Morgan fingerprint density at radius 2 is 2.12 bits per heavy atom. The van der Waals surface area contributed by atoms with Gasteiger partial charge in [0.05, 0.1) is 6.20 Å². The number of piperidine rings is 1. The van der Waals surface area contributed by atoms with Crippen molar-refractivity contribution in [1.82, 2.24) is 25.6 Å². The van der Waals surface area contributed by atoms with Gasteiger partial charge in [0.15, 0.2) is 5.69 Å². The average Bonchev–Trinajstić information content (AvgIpc) is 3.15. The number of nitrogens with one attached hydrogen (secondary N) is 2. The van der Waals surface area contributed by atoms with E-state index < -0.39 is 0 Å². The maximum absolute atomic E-state index is 12.4. The van der Waals surface area contributed by atoms with Gasteiger partial charge in [0.1, 0.15) is 0 Å². The molecule has 0 aliphatic carbocycles. The van der Waals surface area contributed by atoms with Crippen LogP contribution in [0.4, 0.5) is 0 Å². The Morgan fingerprint density at radius 1 is 1.23 bits per heavy atom. The van der Waals surface area contributed by atoms with Gasteiger partial charge in [-0.3, -0.25) is 9.48 Å². The number of hydrogen-bond donors (Lipinski definition) is 2. The van der Waals surface area contributed by atoms with Crippen molar-refractivity contribution in [2.45, 2.75) is 25.9 Å². The molecule has 0 saturated carbocycles. The second kappa shape index (κ2) is 7.66. The van der Waals surface area contributed by atoms with E-state index in [0.717, 1.165) is 30.6 Å². The van der Waals surface area contributed by atoms with Crippen LogP contribution in [0.3, 0.4) is 0 Å². The lowest BCUT2D eigenvalue weighted by molar-refractivity contribution is 0.0946. The van der Waals surface area contributed by atoms with Crippen LogP contribution in [0.1, 0.15) is 28.9 Å². The number of nitrogens with zero attached hydrogens (tertiary/aromatic N) is 3. The summed E-state index contributed by atoms with van der Waals surface area (Å²) in [5, 5.41) is 16.8. The van der Waals surface area contributed by atoms with Gasteiger partial charge >= 0.3 is 0 Å². The molecule has 1 amide bonds. The van der Waals surface area contributed by atoms with Crippen LogP contribution in [0.25, 0.3) is 10.8 Å². The van der Waals surface area contributed by atoms with Crippen molar-refractivity contribution < 1.29 is 4.79 Å². The maximum Gasteiger partial charge on any atom is 0.273 e. The highest BCUT2D eigenvalue weighted by molar-refractivity contribution is 5.92. The molecule has 1 unspecified atom stereocenters. The van der Waals surface area contributed by atoms with E-state index in [1.807, 2.05) is 24.3 Å². The van der Waals surface area contributed by atoms with E-state index in [-0.39, 0.29) is 5.91 Å². The van der Waals surface area contributed by atoms with Crippen molar-refractivity contribution >= 4 is 16.7 Å². The van der Waals surface area contributed by atoms with Gasteiger partial charge in [-0.15, -0.1) is 5.10 Å². The van der Waals surface area contributed by atoms with E-state index in [1.54, 1.807) is 10.9 Å². The van der Waals surface area contributed by atoms with Crippen LogP contribution < -0.4 is 10.6 Å². The van der Waals surface area contributed by atoms with Gasteiger partial charge in [0.25, 0.3) is 5.91 Å². The van der Waals surface area contributed by atoms with Crippen LogP contribution in [0.5, 0.6) is 0 Å². The standard InChI is InChI=1S/C20H23N5O/c26-20(19-14-25(24-23-19)13-15-5-4-10-21-11-15)22-12-17-8-3-7-16-6-1-2-9-18(16)17/h1-3,6-9,14-15,21H,4-5,10-13H2,(H,22,26). The summed E-state index contributed by atoms with van der Waals surface area (Å²) in [5.74, 6) is 0.364. The fourth-order valence-corrected chi connectivity index (χ4v) is 3.55. The van der Waals surface area contributed by atoms with E-state index in [9.17, 15) is 4.79 Å². The van der Waals surface area contributed by atoms with Crippen LogP contribution in [0.15, 0.2) is 48.7 Å². The summed E-state index contributed by atoms with van der Waals surface area (Å²) in [7, 11) is 0. The number of hydrogen-bond acceptors (Lipinski definition) is 4. The molecule has 134 valence electrons.